The van der Waals surface area contributed by atoms with E-state index in [-0.39, 0.29) is 5.54 Å². The first kappa shape index (κ1) is 14.2. The molecule has 0 saturated carbocycles. The van der Waals surface area contributed by atoms with E-state index in [9.17, 15) is 0 Å². The SMILES string of the molecule is CC(C)(C)NCCSc1cc(Cl)ccc1Cl. The summed E-state index contributed by atoms with van der Waals surface area (Å²) in [6.45, 7) is 7.43. The highest BCUT2D eigenvalue weighted by atomic mass is 35.5. The summed E-state index contributed by atoms with van der Waals surface area (Å²) in [4.78, 5) is 1.05. The summed E-state index contributed by atoms with van der Waals surface area (Å²) < 4.78 is 0. The van der Waals surface area contributed by atoms with E-state index < -0.39 is 0 Å². The van der Waals surface area contributed by atoms with Gasteiger partial charge in [-0.25, -0.2) is 0 Å². The highest BCUT2D eigenvalue weighted by Gasteiger charge is 2.08. The monoisotopic (exact) mass is 277 g/mol. The fourth-order valence-electron chi connectivity index (χ4n) is 1.17. The van der Waals surface area contributed by atoms with Crippen LogP contribution in [-0.4, -0.2) is 17.8 Å². The van der Waals surface area contributed by atoms with Gasteiger partial charge in [0.2, 0.25) is 0 Å². The molecule has 0 amide bonds. The van der Waals surface area contributed by atoms with Crippen LogP contribution >= 0.6 is 35.0 Å². The first-order valence-corrected chi connectivity index (χ1v) is 6.95. The fraction of sp³-hybridized carbons (Fsp3) is 0.500. The molecule has 0 aromatic heterocycles. The molecule has 1 aromatic rings. The average Bonchev–Trinajstić information content (AvgIpc) is 2.16. The van der Waals surface area contributed by atoms with Crippen LogP contribution in [0.5, 0.6) is 0 Å². The van der Waals surface area contributed by atoms with Gasteiger partial charge in [0, 0.05) is 27.8 Å². The van der Waals surface area contributed by atoms with Gasteiger partial charge in [-0.2, -0.15) is 0 Å². The zero-order chi connectivity index (χ0) is 12.2. The summed E-state index contributed by atoms with van der Waals surface area (Å²) in [6, 6.07) is 5.55. The third kappa shape index (κ3) is 5.44. The molecule has 1 aromatic carbocycles. The lowest BCUT2D eigenvalue weighted by Crippen LogP contribution is -2.37. The van der Waals surface area contributed by atoms with E-state index in [4.69, 9.17) is 23.2 Å². The van der Waals surface area contributed by atoms with Gasteiger partial charge >= 0.3 is 0 Å². The van der Waals surface area contributed by atoms with Crippen LogP contribution in [0.4, 0.5) is 0 Å². The largest absolute Gasteiger partial charge is 0.311 e. The molecule has 0 aliphatic carbocycles. The number of hydrogen-bond donors (Lipinski definition) is 1. The van der Waals surface area contributed by atoms with Crippen molar-refractivity contribution < 1.29 is 0 Å². The van der Waals surface area contributed by atoms with Crippen LogP contribution in [0.1, 0.15) is 20.8 Å². The van der Waals surface area contributed by atoms with Crippen molar-refractivity contribution in [2.75, 3.05) is 12.3 Å². The summed E-state index contributed by atoms with van der Waals surface area (Å²) in [5.74, 6) is 0.983. The zero-order valence-corrected chi connectivity index (χ0v) is 12.1. The summed E-state index contributed by atoms with van der Waals surface area (Å²) >= 11 is 13.7. The van der Waals surface area contributed by atoms with Crippen molar-refractivity contribution in [3.8, 4) is 0 Å². The molecular weight excluding hydrogens is 261 g/mol. The van der Waals surface area contributed by atoms with Crippen LogP contribution < -0.4 is 5.32 Å². The maximum absolute atomic E-state index is 6.07. The number of halogens is 2. The molecule has 90 valence electrons. The third-order valence-corrected chi connectivity index (χ3v) is 3.64. The molecule has 1 nitrogen and oxygen atoms in total. The molecule has 0 aliphatic heterocycles. The van der Waals surface area contributed by atoms with Gasteiger partial charge in [0.05, 0.1) is 5.02 Å². The Morgan fingerprint density at radius 1 is 1.25 bits per heavy atom. The molecule has 0 heterocycles. The molecule has 1 rings (SSSR count). The molecular formula is C12H17Cl2NS. The van der Waals surface area contributed by atoms with Crippen LogP contribution in [0.3, 0.4) is 0 Å². The van der Waals surface area contributed by atoms with E-state index in [0.717, 1.165) is 27.2 Å². The molecule has 0 unspecified atom stereocenters. The van der Waals surface area contributed by atoms with Gasteiger partial charge in [0.15, 0.2) is 0 Å². The van der Waals surface area contributed by atoms with Gasteiger partial charge in [-0.3, -0.25) is 0 Å². The van der Waals surface area contributed by atoms with Crippen LogP contribution in [0, 0.1) is 0 Å². The zero-order valence-electron chi connectivity index (χ0n) is 9.81. The molecule has 1 N–H and O–H groups in total. The summed E-state index contributed by atoms with van der Waals surface area (Å²) in [5.41, 5.74) is 0.165. The van der Waals surface area contributed by atoms with Crippen LogP contribution in [0.25, 0.3) is 0 Å². The van der Waals surface area contributed by atoms with Gasteiger partial charge in [0.1, 0.15) is 0 Å². The van der Waals surface area contributed by atoms with E-state index in [0.29, 0.717) is 0 Å². The second-order valence-electron chi connectivity index (χ2n) is 4.60. The highest BCUT2D eigenvalue weighted by molar-refractivity contribution is 7.99. The topological polar surface area (TPSA) is 12.0 Å². The average molecular weight is 278 g/mol. The maximum Gasteiger partial charge on any atom is 0.0542 e. The van der Waals surface area contributed by atoms with Crippen molar-refractivity contribution in [3.05, 3.63) is 28.2 Å². The van der Waals surface area contributed by atoms with Gasteiger partial charge in [-0.15, -0.1) is 11.8 Å². The molecule has 0 aliphatic rings. The summed E-state index contributed by atoms with van der Waals surface area (Å²) in [5, 5.41) is 4.93. The van der Waals surface area contributed by atoms with Crippen LogP contribution in [0.15, 0.2) is 23.1 Å². The molecule has 0 bridgehead atoms. The molecule has 0 fully saturated rings. The number of hydrogen-bond acceptors (Lipinski definition) is 2. The highest BCUT2D eigenvalue weighted by Crippen LogP contribution is 2.29. The lowest BCUT2D eigenvalue weighted by Gasteiger charge is -2.20. The van der Waals surface area contributed by atoms with Crippen molar-refractivity contribution in [3.63, 3.8) is 0 Å². The second-order valence-corrected chi connectivity index (χ2v) is 6.58. The lowest BCUT2D eigenvalue weighted by molar-refractivity contribution is 0.441. The minimum atomic E-state index is 0.165. The second kappa shape index (κ2) is 6.15. The minimum Gasteiger partial charge on any atom is -0.311 e. The van der Waals surface area contributed by atoms with E-state index in [1.165, 1.54) is 0 Å². The van der Waals surface area contributed by atoms with Crippen molar-refractivity contribution in [2.24, 2.45) is 0 Å². The molecule has 16 heavy (non-hydrogen) atoms. The molecule has 0 spiro atoms. The van der Waals surface area contributed by atoms with E-state index in [1.54, 1.807) is 17.8 Å². The van der Waals surface area contributed by atoms with Crippen LogP contribution in [-0.2, 0) is 0 Å². The predicted octanol–water partition coefficient (Wildman–Crippen LogP) is 4.47. The number of thioether (sulfide) groups is 1. The number of nitrogens with one attached hydrogen (secondary N) is 1. The van der Waals surface area contributed by atoms with Gasteiger partial charge in [-0.05, 0) is 39.0 Å². The Morgan fingerprint density at radius 3 is 2.56 bits per heavy atom. The minimum absolute atomic E-state index is 0.165. The van der Waals surface area contributed by atoms with E-state index >= 15 is 0 Å². The van der Waals surface area contributed by atoms with Gasteiger partial charge in [-0.1, -0.05) is 23.2 Å². The normalized spacial score (nSPS) is 11.8. The maximum atomic E-state index is 6.07. The summed E-state index contributed by atoms with van der Waals surface area (Å²) in [6.07, 6.45) is 0. The molecule has 0 atom stereocenters. The fourth-order valence-corrected chi connectivity index (χ4v) is 2.53. The first-order valence-electron chi connectivity index (χ1n) is 5.21. The Bertz CT molecular complexity index is 347. The van der Waals surface area contributed by atoms with Gasteiger partial charge < -0.3 is 5.32 Å². The number of rotatable bonds is 4. The number of benzene rings is 1. The Hall–Kier alpha value is 0.110. The van der Waals surface area contributed by atoms with Gasteiger partial charge in [0.25, 0.3) is 0 Å². The summed E-state index contributed by atoms with van der Waals surface area (Å²) in [7, 11) is 0. The molecule has 0 saturated heterocycles. The van der Waals surface area contributed by atoms with Crippen molar-refractivity contribution in [2.45, 2.75) is 31.2 Å². The molecule has 0 radical (unpaired) electrons. The van der Waals surface area contributed by atoms with E-state index in [1.807, 2.05) is 12.1 Å². The Labute approximate surface area is 112 Å². The standard InChI is InChI=1S/C12H17Cl2NS/c1-12(2,3)15-6-7-16-11-8-9(13)4-5-10(11)14/h4-5,8,15H,6-7H2,1-3H3. The van der Waals surface area contributed by atoms with Crippen molar-refractivity contribution in [1.29, 1.82) is 0 Å². The van der Waals surface area contributed by atoms with E-state index in [2.05, 4.69) is 26.1 Å². The Kier molecular flexibility index (Phi) is 5.45. The first-order chi connectivity index (χ1) is 7.38. The van der Waals surface area contributed by atoms with Crippen molar-refractivity contribution in [1.82, 2.24) is 5.32 Å². The smallest absolute Gasteiger partial charge is 0.0542 e. The lowest BCUT2D eigenvalue weighted by atomic mass is 10.1. The molecule has 4 heteroatoms. The third-order valence-electron chi connectivity index (χ3n) is 1.91. The van der Waals surface area contributed by atoms with Crippen molar-refractivity contribution >= 4 is 35.0 Å². The Morgan fingerprint density at radius 2 is 1.94 bits per heavy atom. The quantitative estimate of drug-likeness (QED) is 0.644. The predicted molar refractivity (Wildman–Crippen MR) is 74.9 cm³/mol. The Balaban J connectivity index is 2.40. The van der Waals surface area contributed by atoms with Crippen LogP contribution in [0.2, 0.25) is 10.0 Å².